The first-order valence-corrected chi connectivity index (χ1v) is 5.42. The van der Waals surface area contributed by atoms with Crippen LogP contribution >= 0.6 is 0 Å². The first-order valence-electron chi connectivity index (χ1n) is 5.42. The van der Waals surface area contributed by atoms with Gasteiger partial charge in [-0.25, -0.2) is 0 Å². The Morgan fingerprint density at radius 3 is 1.19 bits per heavy atom. The summed E-state index contributed by atoms with van der Waals surface area (Å²) in [6.45, 7) is 14.8. The summed E-state index contributed by atoms with van der Waals surface area (Å²) in [5.41, 5.74) is 0. The second kappa shape index (κ2) is 50.5. The van der Waals surface area contributed by atoms with Crippen molar-refractivity contribution in [3.63, 3.8) is 0 Å². The maximum absolute atomic E-state index is 2.27. The SMILES string of the molecule is CC.CCCCC(C)C.C[CH-]C.[Y].[Y].[Y].[Y]. The van der Waals surface area contributed by atoms with Crippen LogP contribution in [0.5, 0.6) is 0 Å². The fraction of sp³-hybridized carbons (Fsp3) is 0.917. The zero-order valence-corrected chi connectivity index (χ0v) is 23.9. The number of hydrogen-bond acceptors (Lipinski definition) is 0. The molecule has 0 rings (SSSR count). The molecule has 0 aliphatic heterocycles. The van der Waals surface area contributed by atoms with Crippen LogP contribution in [-0.4, -0.2) is 0 Å². The van der Waals surface area contributed by atoms with Crippen molar-refractivity contribution < 1.29 is 131 Å². The standard InChI is InChI=1S/C7H16.C3H7.C2H6.4Y/c1-4-5-6-7(2)3;1-3-2;1-2;;;;/h7H,4-6H2,1-3H3;3H,1-2H3;1-2H3;;;;/q;-1;;;;;. The molecule has 4 heteroatoms. The predicted molar refractivity (Wildman–Crippen MR) is 61.4 cm³/mol. The second-order valence-corrected chi connectivity index (χ2v) is 3.11. The molecule has 0 bridgehead atoms. The van der Waals surface area contributed by atoms with Gasteiger partial charge in [-0.3, -0.25) is 0 Å². The van der Waals surface area contributed by atoms with E-state index in [1.165, 1.54) is 19.3 Å². The minimum Gasteiger partial charge on any atom is -0.335 e. The van der Waals surface area contributed by atoms with E-state index in [1.807, 2.05) is 34.1 Å². The molecule has 0 heterocycles. The summed E-state index contributed by atoms with van der Waals surface area (Å²) in [5.74, 6) is 0.903. The Labute approximate surface area is 206 Å². The van der Waals surface area contributed by atoms with Crippen LogP contribution in [-0.2, 0) is 131 Å². The fourth-order valence-electron chi connectivity index (χ4n) is 0.612. The molecule has 0 N–H and O–H groups in total. The van der Waals surface area contributed by atoms with Gasteiger partial charge in [0.15, 0.2) is 0 Å². The summed E-state index contributed by atoms with van der Waals surface area (Å²) in [7, 11) is 0. The van der Waals surface area contributed by atoms with Gasteiger partial charge in [0.2, 0.25) is 0 Å². The minimum atomic E-state index is 0. The van der Waals surface area contributed by atoms with E-state index in [0.717, 1.165) is 5.92 Å². The van der Waals surface area contributed by atoms with Gasteiger partial charge in [0, 0.05) is 131 Å². The smallest absolute Gasteiger partial charge is 0 e. The van der Waals surface area contributed by atoms with E-state index in [4.69, 9.17) is 0 Å². The van der Waals surface area contributed by atoms with Crippen LogP contribution in [0.1, 0.15) is 67.7 Å². The molecule has 0 fully saturated rings. The average Bonchev–Trinajstić information content (AvgIpc) is 2.06. The van der Waals surface area contributed by atoms with E-state index in [9.17, 15) is 0 Å². The predicted octanol–water partition coefficient (Wildman–Crippen LogP) is 5.08. The van der Waals surface area contributed by atoms with Gasteiger partial charge >= 0.3 is 0 Å². The third-order valence-corrected chi connectivity index (χ3v) is 1.14. The van der Waals surface area contributed by atoms with E-state index in [0.29, 0.717) is 0 Å². The maximum Gasteiger partial charge on any atom is 0 e. The van der Waals surface area contributed by atoms with Crippen molar-refractivity contribution in [1.29, 1.82) is 0 Å². The van der Waals surface area contributed by atoms with Crippen LogP contribution < -0.4 is 0 Å². The van der Waals surface area contributed by atoms with Crippen molar-refractivity contribution in [2.75, 3.05) is 0 Å². The van der Waals surface area contributed by atoms with Crippen LogP contribution in [0.4, 0.5) is 0 Å². The summed E-state index contributed by atoms with van der Waals surface area (Å²) in [4.78, 5) is 0. The fourth-order valence-corrected chi connectivity index (χ4v) is 0.612. The Morgan fingerprint density at radius 2 is 1.12 bits per heavy atom. The molecule has 0 aliphatic rings. The quantitative estimate of drug-likeness (QED) is 0.448. The van der Waals surface area contributed by atoms with Crippen molar-refractivity contribution in [1.82, 2.24) is 0 Å². The molecule has 0 atom stereocenters. The van der Waals surface area contributed by atoms with Gasteiger partial charge < -0.3 is 6.42 Å². The molecule has 0 nitrogen and oxygen atoms in total. The van der Waals surface area contributed by atoms with E-state index < -0.39 is 0 Å². The topological polar surface area (TPSA) is 0 Å². The number of unbranched alkanes of at least 4 members (excludes halogenated alkanes) is 1. The number of rotatable bonds is 3. The molecule has 0 aromatic carbocycles. The molecule has 90 valence electrons. The zero-order chi connectivity index (χ0) is 10.4. The Bertz CT molecular complexity index is 50.3. The van der Waals surface area contributed by atoms with Crippen LogP contribution in [0.2, 0.25) is 0 Å². The minimum absolute atomic E-state index is 0. The van der Waals surface area contributed by atoms with Crippen LogP contribution in [0.3, 0.4) is 0 Å². The molecule has 0 aromatic rings. The molecule has 0 spiro atoms. The van der Waals surface area contributed by atoms with Crippen molar-refractivity contribution in [2.24, 2.45) is 5.92 Å². The van der Waals surface area contributed by atoms with Gasteiger partial charge in [0.05, 0.1) is 0 Å². The molecule has 0 aromatic heterocycles. The molecule has 0 unspecified atom stereocenters. The van der Waals surface area contributed by atoms with Gasteiger partial charge in [-0.15, -0.1) is 0 Å². The van der Waals surface area contributed by atoms with Gasteiger partial charge in [-0.05, 0) is 5.92 Å². The number of hydrogen-bond donors (Lipinski definition) is 0. The maximum atomic E-state index is 2.27. The Balaban J connectivity index is -0.0000000161. The van der Waals surface area contributed by atoms with Gasteiger partial charge in [0.1, 0.15) is 0 Å². The molecule has 0 saturated heterocycles. The molecule has 0 amide bonds. The van der Waals surface area contributed by atoms with Crippen LogP contribution in [0, 0.1) is 12.3 Å². The van der Waals surface area contributed by atoms with Crippen molar-refractivity contribution in [2.45, 2.75) is 67.7 Å². The normalized spacial score (nSPS) is 6.00. The molecular weight excluding hydrogens is 500 g/mol. The Kier molecular flexibility index (Phi) is 135. The third-order valence-electron chi connectivity index (χ3n) is 1.14. The summed E-state index contributed by atoms with van der Waals surface area (Å²) >= 11 is 0. The first kappa shape index (κ1) is 42.8. The summed E-state index contributed by atoms with van der Waals surface area (Å²) in [5, 5.41) is 0. The van der Waals surface area contributed by atoms with E-state index in [1.54, 1.807) is 0 Å². The van der Waals surface area contributed by atoms with E-state index >= 15 is 0 Å². The van der Waals surface area contributed by atoms with E-state index in [2.05, 4.69) is 20.8 Å². The van der Waals surface area contributed by atoms with Crippen molar-refractivity contribution in [3.05, 3.63) is 6.42 Å². The summed E-state index contributed by atoms with van der Waals surface area (Å²) in [6.07, 6.45) is 6.15. The van der Waals surface area contributed by atoms with Gasteiger partial charge in [0.25, 0.3) is 0 Å². The summed E-state index contributed by atoms with van der Waals surface area (Å²) < 4.78 is 0. The largest absolute Gasteiger partial charge is 0.335 e. The molecule has 4 radical (unpaired) electrons. The molecule has 0 aliphatic carbocycles. The monoisotopic (exact) mass is 529 g/mol. The molecular formula is C12H29Y4-. The Morgan fingerprint density at radius 1 is 0.875 bits per heavy atom. The van der Waals surface area contributed by atoms with E-state index in [-0.39, 0.29) is 131 Å². The average molecular weight is 529 g/mol. The van der Waals surface area contributed by atoms with Crippen LogP contribution in [0.25, 0.3) is 0 Å². The van der Waals surface area contributed by atoms with Gasteiger partial charge in [-0.2, -0.15) is 13.8 Å². The van der Waals surface area contributed by atoms with Gasteiger partial charge in [-0.1, -0.05) is 53.9 Å². The summed E-state index contributed by atoms with van der Waals surface area (Å²) in [6, 6.07) is 0. The molecule has 16 heavy (non-hydrogen) atoms. The molecule has 0 saturated carbocycles. The second-order valence-electron chi connectivity index (χ2n) is 3.11. The van der Waals surface area contributed by atoms with Crippen LogP contribution in [0.15, 0.2) is 0 Å². The third kappa shape index (κ3) is 78.9. The van der Waals surface area contributed by atoms with Crippen molar-refractivity contribution >= 4 is 0 Å². The van der Waals surface area contributed by atoms with Crippen molar-refractivity contribution in [3.8, 4) is 0 Å². The zero-order valence-electron chi connectivity index (χ0n) is 12.6. The Hall–Kier alpha value is 4.42. The first-order chi connectivity index (χ1) is 5.68.